The maximum Gasteiger partial charge on any atom is 0.147 e. The van der Waals surface area contributed by atoms with Gasteiger partial charge in [-0.1, -0.05) is 29.8 Å². The summed E-state index contributed by atoms with van der Waals surface area (Å²) in [5.41, 5.74) is 0.0943. The minimum Gasteiger partial charge on any atom is -0.390 e. The number of hydrogen-bond donors (Lipinski definition) is 1. The largest absolute Gasteiger partial charge is 0.390 e. The maximum absolute atomic E-state index is 12.8. The quantitative estimate of drug-likeness (QED) is 0.532. The summed E-state index contributed by atoms with van der Waals surface area (Å²) >= 11 is 3.46. The molecule has 0 saturated heterocycles. The smallest absolute Gasteiger partial charge is 0.147 e. The summed E-state index contributed by atoms with van der Waals surface area (Å²) in [4.78, 5) is 12.8. The Morgan fingerprint density at radius 2 is 1.69 bits per heavy atom. The Morgan fingerprint density at radius 3 is 2.38 bits per heavy atom. The lowest BCUT2D eigenvalue weighted by atomic mass is 9.45. The SMILES string of the molecule is COC[C@@]12CC[C@@](C)(O)C[C@H](CC[C@@]3(C)[C@@H]4CC[C@H](C(=O)CBr)[C@@]4(C)CC[C@H]13)C2. The predicted octanol–water partition coefficient (Wildman–Crippen LogP) is 5.77. The number of halogens is 1. The van der Waals surface area contributed by atoms with Crippen molar-refractivity contribution in [2.24, 2.45) is 39.9 Å². The number of ether oxygens (including phenoxy) is 1. The molecule has 0 aliphatic heterocycles. The molecule has 0 unspecified atom stereocenters. The van der Waals surface area contributed by atoms with Crippen LogP contribution in [-0.2, 0) is 9.53 Å². The highest BCUT2D eigenvalue weighted by Gasteiger charge is 2.64. The van der Waals surface area contributed by atoms with Gasteiger partial charge < -0.3 is 9.84 Å². The molecule has 4 fully saturated rings. The Labute approximate surface area is 185 Å². The normalized spacial score (nSPS) is 52.2. The number of aliphatic hydroxyl groups is 1. The van der Waals surface area contributed by atoms with E-state index in [1.54, 1.807) is 0 Å². The summed E-state index contributed by atoms with van der Waals surface area (Å²) in [7, 11) is 1.86. The lowest BCUT2D eigenvalue weighted by Crippen LogP contribution is -2.54. The molecule has 0 aromatic carbocycles. The highest BCUT2D eigenvalue weighted by atomic mass is 79.9. The van der Waals surface area contributed by atoms with Crippen LogP contribution in [0.2, 0.25) is 0 Å². The Kier molecular flexibility index (Phi) is 5.83. The number of Topliss-reactive ketones (excluding diaryl/α,β-unsaturated/α-hetero) is 1. The van der Waals surface area contributed by atoms with Crippen molar-refractivity contribution in [3.05, 3.63) is 0 Å². The second-order valence-electron chi connectivity index (χ2n) is 12.0. The topological polar surface area (TPSA) is 46.5 Å². The van der Waals surface area contributed by atoms with Crippen molar-refractivity contribution in [1.82, 2.24) is 0 Å². The lowest BCUT2D eigenvalue weighted by Gasteiger charge is -2.59. The van der Waals surface area contributed by atoms with E-state index in [1.165, 1.54) is 38.5 Å². The summed E-state index contributed by atoms with van der Waals surface area (Å²) in [6, 6.07) is 0. The molecule has 0 aromatic rings. The molecule has 29 heavy (non-hydrogen) atoms. The molecule has 1 N–H and O–H groups in total. The van der Waals surface area contributed by atoms with Gasteiger partial charge in [0.2, 0.25) is 0 Å². The van der Waals surface area contributed by atoms with Gasteiger partial charge in [-0.2, -0.15) is 0 Å². The van der Waals surface area contributed by atoms with E-state index in [1.807, 2.05) is 7.11 Å². The van der Waals surface area contributed by atoms with Crippen molar-refractivity contribution in [2.45, 2.75) is 90.6 Å². The van der Waals surface area contributed by atoms with Gasteiger partial charge in [0.05, 0.1) is 17.5 Å². The summed E-state index contributed by atoms with van der Waals surface area (Å²) in [6.07, 6.45) is 11.3. The van der Waals surface area contributed by atoms with Crippen LogP contribution < -0.4 is 0 Å². The molecule has 4 aliphatic rings. The van der Waals surface area contributed by atoms with Gasteiger partial charge in [-0.25, -0.2) is 0 Å². The second-order valence-corrected chi connectivity index (χ2v) is 12.6. The number of carbonyl (C=O) groups is 1. The number of carbonyl (C=O) groups excluding carboxylic acids is 1. The zero-order valence-corrected chi connectivity index (χ0v) is 20.5. The van der Waals surface area contributed by atoms with Crippen LogP contribution in [0.5, 0.6) is 0 Å². The number of alkyl halides is 1. The zero-order chi connectivity index (χ0) is 21.1. The zero-order valence-electron chi connectivity index (χ0n) is 18.9. The fourth-order valence-electron chi connectivity index (χ4n) is 9.22. The van der Waals surface area contributed by atoms with E-state index in [0.717, 1.165) is 32.3 Å². The molecule has 166 valence electrons. The van der Waals surface area contributed by atoms with E-state index in [0.29, 0.717) is 28.9 Å². The molecule has 4 heteroatoms. The maximum atomic E-state index is 12.8. The molecule has 0 spiro atoms. The van der Waals surface area contributed by atoms with Crippen molar-refractivity contribution < 1.29 is 14.6 Å². The van der Waals surface area contributed by atoms with Gasteiger partial charge in [0.15, 0.2) is 0 Å². The van der Waals surface area contributed by atoms with E-state index in [-0.39, 0.29) is 22.2 Å². The summed E-state index contributed by atoms with van der Waals surface area (Å²) in [5.74, 6) is 2.53. The molecule has 0 amide bonds. The van der Waals surface area contributed by atoms with Gasteiger partial charge in [-0.3, -0.25) is 4.79 Å². The number of ketones is 1. The third-order valence-electron chi connectivity index (χ3n) is 10.3. The van der Waals surface area contributed by atoms with E-state index in [2.05, 4.69) is 36.7 Å². The van der Waals surface area contributed by atoms with Crippen LogP contribution >= 0.6 is 15.9 Å². The number of methoxy groups -OCH3 is 1. The Morgan fingerprint density at radius 1 is 0.966 bits per heavy atom. The second kappa shape index (κ2) is 7.59. The van der Waals surface area contributed by atoms with Gasteiger partial charge >= 0.3 is 0 Å². The molecular formula is C25H41BrO3. The van der Waals surface area contributed by atoms with Crippen molar-refractivity contribution in [1.29, 1.82) is 0 Å². The number of hydrogen-bond acceptors (Lipinski definition) is 3. The van der Waals surface area contributed by atoms with Crippen molar-refractivity contribution >= 4 is 21.7 Å². The molecule has 0 radical (unpaired) electrons. The minimum absolute atomic E-state index is 0.157. The molecule has 8 atom stereocenters. The fraction of sp³-hybridized carbons (Fsp3) is 0.960. The Balaban J connectivity index is 1.73. The van der Waals surface area contributed by atoms with Crippen LogP contribution in [0.25, 0.3) is 0 Å². The number of fused-ring (bicyclic) bond motifs is 6. The highest BCUT2D eigenvalue weighted by molar-refractivity contribution is 9.09. The summed E-state index contributed by atoms with van der Waals surface area (Å²) in [5, 5.41) is 11.5. The van der Waals surface area contributed by atoms with E-state index < -0.39 is 5.60 Å². The molecule has 4 aliphatic carbocycles. The number of rotatable bonds is 4. The molecule has 0 aromatic heterocycles. The van der Waals surface area contributed by atoms with Gasteiger partial charge in [0.25, 0.3) is 0 Å². The van der Waals surface area contributed by atoms with Crippen LogP contribution in [0.15, 0.2) is 0 Å². The fourth-order valence-corrected chi connectivity index (χ4v) is 9.61. The summed E-state index contributed by atoms with van der Waals surface area (Å²) in [6.45, 7) is 7.89. The minimum atomic E-state index is -0.530. The highest BCUT2D eigenvalue weighted by Crippen LogP contribution is 2.70. The third-order valence-corrected chi connectivity index (χ3v) is 10.8. The van der Waals surface area contributed by atoms with Gasteiger partial charge in [0.1, 0.15) is 5.78 Å². The standard InChI is InChI=1S/C25H41BrO3/c1-22(28)11-12-25(16-29-4)14-17(13-22)7-9-24(3)20-6-5-18(19(27)15-26)23(20,2)10-8-21(24)25/h17-18,20-21,28H,5-16H2,1-4H3/t17-,18+,20+,21-,22+,23+,24-,25-/m0/s1. The van der Waals surface area contributed by atoms with Crippen molar-refractivity contribution in [3.63, 3.8) is 0 Å². The van der Waals surface area contributed by atoms with E-state index in [4.69, 9.17) is 4.74 Å². The molecule has 3 nitrogen and oxygen atoms in total. The van der Waals surface area contributed by atoms with Gasteiger partial charge in [-0.05, 0) is 105 Å². The average molecular weight is 470 g/mol. The van der Waals surface area contributed by atoms with Crippen LogP contribution in [0, 0.1) is 39.9 Å². The van der Waals surface area contributed by atoms with Crippen LogP contribution in [0.3, 0.4) is 0 Å². The Bertz CT molecular complexity index is 648. The van der Waals surface area contributed by atoms with E-state index >= 15 is 0 Å². The molecule has 4 rings (SSSR count). The Hall–Kier alpha value is 0.0700. The first-order valence-corrected chi connectivity index (χ1v) is 13.0. The first kappa shape index (κ1) is 22.3. The predicted molar refractivity (Wildman–Crippen MR) is 120 cm³/mol. The van der Waals surface area contributed by atoms with E-state index in [9.17, 15) is 9.90 Å². The molecular weight excluding hydrogens is 428 g/mol. The first-order valence-electron chi connectivity index (χ1n) is 11.9. The van der Waals surface area contributed by atoms with Gasteiger partial charge in [-0.15, -0.1) is 0 Å². The third kappa shape index (κ3) is 3.48. The van der Waals surface area contributed by atoms with Crippen LogP contribution in [-0.4, -0.2) is 35.5 Å². The van der Waals surface area contributed by atoms with Crippen molar-refractivity contribution in [3.8, 4) is 0 Å². The van der Waals surface area contributed by atoms with Crippen molar-refractivity contribution in [2.75, 3.05) is 19.0 Å². The van der Waals surface area contributed by atoms with Gasteiger partial charge in [0, 0.05) is 13.0 Å². The molecule has 4 saturated carbocycles. The molecule has 2 bridgehead atoms. The average Bonchev–Trinajstić information content (AvgIpc) is 2.89. The monoisotopic (exact) mass is 468 g/mol. The molecule has 0 heterocycles. The van der Waals surface area contributed by atoms with Crippen LogP contribution in [0.4, 0.5) is 0 Å². The lowest BCUT2D eigenvalue weighted by molar-refractivity contribution is -0.140. The summed E-state index contributed by atoms with van der Waals surface area (Å²) < 4.78 is 5.90. The van der Waals surface area contributed by atoms with Crippen LogP contribution in [0.1, 0.15) is 85.0 Å². The first-order chi connectivity index (χ1) is 13.6.